The Morgan fingerprint density at radius 2 is 2.38 bits per heavy atom. The molecule has 86 valence electrons. The quantitative estimate of drug-likeness (QED) is 0.800. The zero-order valence-electron chi connectivity index (χ0n) is 8.60. The number of halogens is 1. The first kappa shape index (κ1) is 11.2. The molecular weight excluding hydrogens is 230 g/mol. The van der Waals surface area contributed by atoms with Gasteiger partial charge in [-0.2, -0.15) is 0 Å². The summed E-state index contributed by atoms with van der Waals surface area (Å²) in [5, 5.41) is 9.60. The third-order valence-corrected chi connectivity index (χ3v) is 2.89. The van der Waals surface area contributed by atoms with Crippen LogP contribution in [0.2, 0.25) is 5.02 Å². The van der Waals surface area contributed by atoms with Gasteiger partial charge < -0.3 is 14.7 Å². The smallest absolute Gasteiger partial charge is 0.209 e. The van der Waals surface area contributed by atoms with Gasteiger partial charge in [0, 0.05) is 6.54 Å². The zero-order chi connectivity index (χ0) is 11.5. The second kappa shape index (κ2) is 4.72. The molecule has 1 fully saturated rings. The number of nitrogens with zero attached hydrogens (tertiary/aromatic N) is 1. The molecule has 1 aliphatic rings. The lowest BCUT2D eigenvalue weighted by Crippen LogP contribution is -2.37. The minimum atomic E-state index is -0.169. The normalized spacial score (nSPS) is 20.8. The van der Waals surface area contributed by atoms with E-state index in [2.05, 4.69) is 0 Å². The van der Waals surface area contributed by atoms with Gasteiger partial charge in [0.05, 0.1) is 18.2 Å². The Hall–Kier alpha value is -1.26. The van der Waals surface area contributed by atoms with E-state index in [4.69, 9.17) is 16.3 Å². The van der Waals surface area contributed by atoms with E-state index in [9.17, 15) is 9.90 Å². The molecule has 2 rings (SSSR count). The van der Waals surface area contributed by atoms with Crippen LogP contribution < -0.4 is 0 Å². The number of hydrogen-bond acceptors (Lipinski definition) is 3. The number of aromatic hydroxyl groups is 1. The fraction of sp³-hybridized carbons (Fsp3) is 0.364. The molecule has 1 heterocycles. The molecule has 16 heavy (non-hydrogen) atoms. The summed E-state index contributed by atoms with van der Waals surface area (Å²) >= 11 is 5.81. The number of ether oxygens (including phenoxy) is 1. The van der Waals surface area contributed by atoms with Crippen molar-refractivity contribution in [2.45, 2.75) is 6.10 Å². The molecule has 1 atom stereocenters. The predicted molar refractivity (Wildman–Crippen MR) is 59.4 cm³/mol. The molecule has 0 bridgehead atoms. The number of carbonyl (C=O) groups excluding carboxylic acids is 1. The first-order chi connectivity index (χ1) is 7.70. The van der Waals surface area contributed by atoms with E-state index in [0.29, 0.717) is 24.7 Å². The highest BCUT2D eigenvalue weighted by Gasteiger charge is 2.21. The lowest BCUT2D eigenvalue weighted by molar-refractivity contribution is -0.125. The van der Waals surface area contributed by atoms with Crippen LogP contribution in [0.5, 0.6) is 5.75 Å². The summed E-state index contributed by atoms with van der Waals surface area (Å²) < 4.78 is 5.55. The highest BCUT2D eigenvalue weighted by molar-refractivity contribution is 6.32. The first-order valence-corrected chi connectivity index (χ1v) is 5.38. The molecule has 1 aliphatic heterocycles. The standard InChI is InChI=1S/C11H12ClNO3/c12-9-5-8(1-2-10(9)15)11-6-13(7-14)3-4-16-11/h1-2,5,7,11,15H,3-4,6H2/t11-/m0/s1. The molecule has 1 saturated heterocycles. The van der Waals surface area contributed by atoms with Gasteiger partial charge in [0.25, 0.3) is 0 Å². The van der Waals surface area contributed by atoms with Crippen molar-refractivity contribution in [1.29, 1.82) is 0 Å². The molecule has 0 unspecified atom stereocenters. The summed E-state index contributed by atoms with van der Waals surface area (Å²) in [6.07, 6.45) is 0.648. The molecule has 0 aliphatic carbocycles. The highest BCUT2D eigenvalue weighted by Crippen LogP contribution is 2.29. The van der Waals surface area contributed by atoms with E-state index >= 15 is 0 Å². The molecular formula is C11H12ClNO3. The average molecular weight is 242 g/mol. The minimum absolute atomic E-state index is 0.0495. The van der Waals surface area contributed by atoms with Crippen LogP contribution >= 0.6 is 11.6 Å². The Morgan fingerprint density at radius 3 is 3.06 bits per heavy atom. The van der Waals surface area contributed by atoms with Gasteiger partial charge >= 0.3 is 0 Å². The topological polar surface area (TPSA) is 49.8 Å². The van der Waals surface area contributed by atoms with Gasteiger partial charge in [0.2, 0.25) is 6.41 Å². The van der Waals surface area contributed by atoms with Crippen molar-refractivity contribution in [3.63, 3.8) is 0 Å². The van der Waals surface area contributed by atoms with Gasteiger partial charge in [0.15, 0.2) is 0 Å². The van der Waals surface area contributed by atoms with Gasteiger partial charge in [-0.15, -0.1) is 0 Å². The maximum absolute atomic E-state index is 10.7. The third-order valence-electron chi connectivity index (χ3n) is 2.59. The van der Waals surface area contributed by atoms with Crippen LogP contribution in [0.25, 0.3) is 0 Å². The Morgan fingerprint density at radius 1 is 1.56 bits per heavy atom. The Balaban J connectivity index is 2.16. The summed E-state index contributed by atoms with van der Waals surface area (Å²) in [6.45, 7) is 1.65. The van der Waals surface area contributed by atoms with E-state index in [1.165, 1.54) is 6.07 Å². The van der Waals surface area contributed by atoms with E-state index in [1.807, 2.05) is 0 Å². The van der Waals surface area contributed by atoms with Crippen LogP contribution in [0.1, 0.15) is 11.7 Å². The Bertz CT molecular complexity index is 397. The van der Waals surface area contributed by atoms with E-state index in [0.717, 1.165) is 12.0 Å². The van der Waals surface area contributed by atoms with Crippen LogP contribution in [0.4, 0.5) is 0 Å². The Labute approximate surface area is 98.4 Å². The average Bonchev–Trinajstić information content (AvgIpc) is 2.33. The summed E-state index contributed by atoms with van der Waals surface area (Å²) in [7, 11) is 0. The molecule has 4 nitrogen and oxygen atoms in total. The summed E-state index contributed by atoms with van der Waals surface area (Å²) in [5.41, 5.74) is 0.870. The van der Waals surface area contributed by atoms with Gasteiger partial charge in [-0.05, 0) is 17.7 Å². The van der Waals surface area contributed by atoms with Crippen LogP contribution in [0.15, 0.2) is 18.2 Å². The number of phenols is 1. The van der Waals surface area contributed by atoms with Crippen LogP contribution in [-0.2, 0) is 9.53 Å². The number of carbonyl (C=O) groups is 1. The molecule has 1 aromatic rings. The second-order valence-electron chi connectivity index (χ2n) is 3.67. The maximum atomic E-state index is 10.7. The highest BCUT2D eigenvalue weighted by atomic mass is 35.5. The van der Waals surface area contributed by atoms with Crippen molar-refractivity contribution in [3.8, 4) is 5.75 Å². The lowest BCUT2D eigenvalue weighted by Gasteiger charge is -2.30. The summed E-state index contributed by atoms with van der Waals surface area (Å²) in [5.74, 6) is 0.0495. The van der Waals surface area contributed by atoms with Gasteiger partial charge in [-0.3, -0.25) is 4.79 Å². The fourth-order valence-corrected chi connectivity index (χ4v) is 1.88. The van der Waals surface area contributed by atoms with Crippen molar-refractivity contribution in [2.24, 2.45) is 0 Å². The zero-order valence-corrected chi connectivity index (χ0v) is 9.35. The molecule has 1 aromatic carbocycles. The predicted octanol–water partition coefficient (Wildman–Crippen LogP) is 1.58. The summed E-state index contributed by atoms with van der Waals surface area (Å²) in [6, 6.07) is 4.94. The monoisotopic (exact) mass is 241 g/mol. The molecule has 5 heteroatoms. The second-order valence-corrected chi connectivity index (χ2v) is 4.08. The van der Waals surface area contributed by atoms with Crippen molar-refractivity contribution in [3.05, 3.63) is 28.8 Å². The van der Waals surface area contributed by atoms with E-state index in [-0.39, 0.29) is 11.9 Å². The summed E-state index contributed by atoms with van der Waals surface area (Å²) in [4.78, 5) is 12.3. The first-order valence-electron chi connectivity index (χ1n) is 5.00. The third kappa shape index (κ3) is 2.28. The molecule has 0 aromatic heterocycles. The number of morpholine rings is 1. The number of rotatable bonds is 2. The fourth-order valence-electron chi connectivity index (χ4n) is 1.69. The number of hydrogen-bond donors (Lipinski definition) is 1. The molecule has 0 spiro atoms. The van der Waals surface area contributed by atoms with Crippen molar-refractivity contribution in [1.82, 2.24) is 4.90 Å². The molecule has 1 amide bonds. The Kier molecular flexibility index (Phi) is 3.31. The van der Waals surface area contributed by atoms with E-state index in [1.54, 1.807) is 17.0 Å². The molecule has 0 radical (unpaired) electrons. The number of phenolic OH excluding ortho intramolecular Hbond substituents is 1. The van der Waals surface area contributed by atoms with E-state index < -0.39 is 0 Å². The molecule has 1 N–H and O–H groups in total. The van der Waals surface area contributed by atoms with Gasteiger partial charge in [-0.25, -0.2) is 0 Å². The van der Waals surface area contributed by atoms with Crippen molar-refractivity contribution < 1.29 is 14.6 Å². The van der Waals surface area contributed by atoms with Crippen LogP contribution in [0.3, 0.4) is 0 Å². The van der Waals surface area contributed by atoms with Crippen molar-refractivity contribution >= 4 is 18.0 Å². The van der Waals surface area contributed by atoms with Crippen LogP contribution in [0, 0.1) is 0 Å². The van der Waals surface area contributed by atoms with Crippen LogP contribution in [-0.4, -0.2) is 36.1 Å². The minimum Gasteiger partial charge on any atom is -0.506 e. The maximum Gasteiger partial charge on any atom is 0.209 e. The SMILES string of the molecule is O=CN1CCO[C@H](c2ccc(O)c(Cl)c2)C1. The molecule has 0 saturated carbocycles. The van der Waals surface area contributed by atoms with Crippen molar-refractivity contribution in [2.75, 3.05) is 19.7 Å². The lowest BCUT2D eigenvalue weighted by atomic mass is 10.1. The number of amides is 1. The van der Waals surface area contributed by atoms with Gasteiger partial charge in [-0.1, -0.05) is 17.7 Å². The van der Waals surface area contributed by atoms with Gasteiger partial charge in [0.1, 0.15) is 11.9 Å². The largest absolute Gasteiger partial charge is 0.506 e. The number of benzene rings is 1.